The zero-order valence-corrected chi connectivity index (χ0v) is 56.9. The van der Waals surface area contributed by atoms with Crippen LogP contribution in [0.2, 0.25) is 0 Å². The lowest BCUT2D eigenvalue weighted by molar-refractivity contribution is -0.697. The van der Waals surface area contributed by atoms with Gasteiger partial charge in [-0.3, -0.25) is 0 Å². The second-order valence-corrected chi connectivity index (χ2v) is 25.1. The maximum atomic E-state index is 8.55. The molecule has 14 nitrogen and oxygen atoms in total. The Labute approximate surface area is 533 Å². The predicted octanol–water partition coefficient (Wildman–Crippen LogP) is 12.0. The minimum Gasteiger partial charge on any atom is -0.822 e. The summed E-state index contributed by atoms with van der Waals surface area (Å²) in [7, 11) is -10.8. The third-order valence-electron chi connectivity index (χ3n) is 15.5. The van der Waals surface area contributed by atoms with Crippen molar-refractivity contribution in [2.24, 2.45) is 0 Å². The van der Waals surface area contributed by atoms with Crippen LogP contribution in [-0.2, 0) is 48.4 Å². The molecule has 0 aliphatic rings. The first kappa shape index (κ1) is 79.2. The maximum Gasteiger partial charge on any atom is 0.169 e. The molecule has 0 aliphatic heterocycles. The van der Waals surface area contributed by atoms with Crippen LogP contribution in [-0.4, -0.2) is 0 Å². The number of hydrogen-bond donors (Lipinski definition) is 0. The number of hydrogen-bond acceptors (Lipinski definition) is 8. The fraction of sp³-hybridized carbons (Fsp3) is 0.583. The summed E-state index contributed by atoms with van der Waals surface area (Å²) in [5, 5.41) is 0. The van der Waals surface area contributed by atoms with E-state index in [4.69, 9.17) is 38.5 Å². The highest BCUT2D eigenvalue weighted by Gasteiger charge is 2.10. The van der Waals surface area contributed by atoms with Crippen molar-refractivity contribution < 1.29 is 65.9 Å². The third kappa shape index (κ3) is 43.7. The monoisotopic (exact) mass is 1250 g/mol. The molecule has 0 aromatic carbocycles. The first-order valence-electron chi connectivity index (χ1n) is 33.9. The minimum absolute atomic E-state index is 1.14. The van der Waals surface area contributed by atoms with Crippen LogP contribution in [0.25, 0.3) is 33.4 Å². The van der Waals surface area contributed by atoms with Gasteiger partial charge < -0.3 is 38.5 Å². The lowest BCUT2D eigenvalue weighted by atomic mass is 10.1. The highest BCUT2D eigenvalue weighted by atomic mass is 31.2. The first-order valence-corrected chi connectivity index (χ1v) is 36.8. The van der Waals surface area contributed by atoms with Crippen LogP contribution >= 0.6 is 15.6 Å². The summed E-state index contributed by atoms with van der Waals surface area (Å²) in [6, 6.07) is 27.0. The van der Waals surface area contributed by atoms with Crippen LogP contribution in [0.3, 0.4) is 0 Å². The van der Waals surface area contributed by atoms with Crippen molar-refractivity contribution in [1.29, 1.82) is 0 Å². The van der Waals surface area contributed by atoms with E-state index >= 15 is 0 Å². The molecule has 6 aromatic rings. The molecule has 0 N–H and O–H groups in total. The van der Waals surface area contributed by atoms with Gasteiger partial charge in [0, 0.05) is 111 Å². The molecule has 0 bridgehead atoms. The zero-order chi connectivity index (χ0) is 64.4. The van der Waals surface area contributed by atoms with E-state index in [1.807, 2.05) is 0 Å². The fourth-order valence-electron chi connectivity index (χ4n) is 10.2. The van der Waals surface area contributed by atoms with Gasteiger partial charge in [-0.05, 0) is 71.9 Å². The van der Waals surface area contributed by atoms with E-state index in [0.29, 0.717) is 0 Å². The summed E-state index contributed by atoms with van der Waals surface area (Å²) in [6.45, 7) is 20.4. The number of unbranched alkanes of at least 4 members (excludes halogenated alkanes) is 24. The topological polar surface area (TPSA) is 196 Å². The van der Waals surface area contributed by atoms with E-state index in [1.165, 1.54) is 226 Å². The van der Waals surface area contributed by atoms with Gasteiger partial charge >= 0.3 is 0 Å². The van der Waals surface area contributed by atoms with Crippen LogP contribution in [0.4, 0.5) is 0 Å². The lowest BCUT2D eigenvalue weighted by Gasteiger charge is -2.36. The van der Waals surface area contributed by atoms with E-state index in [9.17, 15) is 0 Å². The van der Waals surface area contributed by atoms with E-state index < -0.39 is 15.6 Å². The van der Waals surface area contributed by atoms with Gasteiger partial charge in [0.2, 0.25) is 0 Å². The van der Waals surface area contributed by atoms with Gasteiger partial charge in [-0.2, -0.15) is 15.6 Å². The van der Waals surface area contributed by atoms with E-state index in [0.717, 1.165) is 39.3 Å². The van der Waals surface area contributed by atoms with Crippen LogP contribution in [0, 0.1) is 0 Å². The molecule has 0 atom stereocenters. The largest absolute Gasteiger partial charge is 0.822 e. The molecule has 88 heavy (non-hydrogen) atoms. The second-order valence-electron chi connectivity index (χ2n) is 23.3. The minimum atomic E-state index is -5.39. The molecule has 0 aliphatic carbocycles. The number of aryl methyl sites for hydroxylation is 6. The molecule has 0 amide bonds. The molecule has 0 saturated heterocycles. The zero-order valence-electron chi connectivity index (χ0n) is 55.2. The Bertz CT molecular complexity index is 2210. The summed E-state index contributed by atoms with van der Waals surface area (Å²) in [5.41, 5.74) is 7.85. The van der Waals surface area contributed by atoms with Crippen molar-refractivity contribution in [3.05, 3.63) is 147 Å². The first-order chi connectivity index (χ1) is 42.5. The summed E-state index contributed by atoms with van der Waals surface area (Å²) in [4.78, 5) is 51.3. The number of rotatable bonds is 39. The van der Waals surface area contributed by atoms with E-state index in [-0.39, 0.29) is 0 Å². The van der Waals surface area contributed by atoms with E-state index in [1.54, 1.807) is 0 Å². The number of nitrogens with zero attached hydrogens (tertiary/aromatic N) is 6. The van der Waals surface area contributed by atoms with Crippen LogP contribution in [0.1, 0.15) is 234 Å². The Kier molecular flexibility index (Phi) is 45.7. The number of pyridine rings is 6. The van der Waals surface area contributed by atoms with Crippen molar-refractivity contribution in [3.63, 3.8) is 0 Å². The Hall–Kier alpha value is -4.88. The molecular formula is C72H114N6O8P2. The molecule has 0 saturated carbocycles. The quantitative estimate of drug-likeness (QED) is 0.0206. The van der Waals surface area contributed by atoms with Gasteiger partial charge in [0.15, 0.2) is 74.4 Å². The van der Waals surface area contributed by atoms with Gasteiger partial charge in [0.25, 0.3) is 0 Å². The molecule has 0 radical (unpaired) electrons. The normalized spacial score (nSPS) is 11.1. The van der Waals surface area contributed by atoms with Gasteiger partial charge in [-0.25, -0.2) is 27.4 Å². The van der Waals surface area contributed by atoms with Crippen LogP contribution in [0.5, 0.6) is 0 Å². The number of aromatic nitrogens is 6. The molecular weight excluding hydrogens is 1140 g/mol. The summed E-state index contributed by atoms with van der Waals surface area (Å²) in [5.74, 6) is 0. The Balaban J connectivity index is 0.000000416. The molecule has 6 rings (SSSR count). The summed E-state index contributed by atoms with van der Waals surface area (Å²) >= 11 is 0. The summed E-state index contributed by atoms with van der Waals surface area (Å²) < 4.78 is 31.0. The summed E-state index contributed by atoms with van der Waals surface area (Å²) in [6.07, 6.45) is 66.9. The average Bonchev–Trinajstić information content (AvgIpc) is 3.73. The van der Waals surface area contributed by atoms with Crippen molar-refractivity contribution in [2.75, 3.05) is 0 Å². The molecule has 0 fully saturated rings. The van der Waals surface area contributed by atoms with Gasteiger partial charge in [-0.1, -0.05) is 157 Å². The third-order valence-corrected chi connectivity index (χ3v) is 15.5. The smallest absolute Gasteiger partial charge is 0.169 e. The van der Waals surface area contributed by atoms with Crippen molar-refractivity contribution in [2.45, 2.75) is 273 Å². The Morgan fingerprint density at radius 3 is 0.420 bits per heavy atom. The molecule has 6 heterocycles. The predicted molar refractivity (Wildman–Crippen MR) is 345 cm³/mol. The van der Waals surface area contributed by atoms with Gasteiger partial charge in [0.05, 0.1) is 0 Å². The van der Waals surface area contributed by atoms with Crippen LogP contribution < -0.4 is 56.8 Å². The molecule has 16 heteroatoms. The lowest BCUT2D eigenvalue weighted by Crippen LogP contribution is -2.33. The SMILES string of the molecule is CCCCCCC[n+]1ccc(-c2cc[n+](CCCCCCC)cc2)cc1.CCCCCCC[n+]1ccc(-c2cc[n+](CCCCCCC)cc2)cc1.CCCCCCC[n+]1ccc(-c2cc[n+](CCCCCCC)cc2)cc1.O=P([O-])([O-])[O-].O=P([O-])([O-])[O-]. The van der Waals surface area contributed by atoms with E-state index in [2.05, 4.69) is 216 Å². The highest BCUT2D eigenvalue weighted by molar-refractivity contribution is 7.40. The maximum absolute atomic E-state index is 8.55. The Morgan fingerprint density at radius 1 is 0.216 bits per heavy atom. The van der Waals surface area contributed by atoms with Crippen molar-refractivity contribution in [1.82, 2.24) is 0 Å². The second kappa shape index (κ2) is 50.8. The molecule has 0 unspecified atom stereocenters. The van der Waals surface area contributed by atoms with Crippen molar-refractivity contribution in [3.8, 4) is 33.4 Å². The number of phosphoric acid groups is 2. The van der Waals surface area contributed by atoms with Crippen LogP contribution in [0.15, 0.2) is 147 Å². The average molecular weight is 1250 g/mol. The molecule has 6 aromatic heterocycles. The van der Waals surface area contributed by atoms with Crippen molar-refractivity contribution >= 4 is 15.6 Å². The molecule has 0 spiro atoms. The standard InChI is InChI=1S/3C24H38N2.2H3O4P/c3*1-3-5-7-9-11-17-25-19-13-23(14-20-25)24-15-21-26(22-16-24)18-12-10-8-6-4-2;2*1-5(2,3)4/h3*13-16,19-22H,3-12,17-18H2,1-2H3;2*(H3,1,2,3,4)/q3*+2;;/p-6. The van der Waals surface area contributed by atoms with Gasteiger partial charge in [0.1, 0.15) is 39.3 Å². The fourth-order valence-corrected chi connectivity index (χ4v) is 10.2. The Morgan fingerprint density at radius 2 is 0.318 bits per heavy atom. The van der Waals surface area contributed by atoms with Gasteiger partial charge in [-0.15, -0.1) is 0 Å². The highest BCUT2D eigenvalue weighted by Crippen LogP contribution is 2.19. The molecule has 490 valence electrons.